The average molecular weight is 386 g/mol. The van der Waals surface area contributed by atoms with E-state index in [0.717, 1.165) is 42.4 Å². The van der Waals surface area contributed by atoms with Crippen LogP contribution in [0, 0.1) is 6.57 Å². The fourth-order valence-electron chi connectivity index (χ4n) is 5.00. The van der Waals surface area contributed by atoms with Crippen LogP contribution in [0.3, 0.4) is 0 Å². The molecule has 3 aliphatic rings. The second kappa shape index (κ2) is 6.08. The fourth-order valence-corrected chi connectivity index (χ4v) is 5.00. The molecule has 2 aromatic carbocycles. The van der Waals surface area contributed by atoms with Gasteiger partial charge in [0.15, 0.2) is 17.2 Å². The summed E-state index contributed by atoms with van der Waals surface area (Å²) in [6.45, 7) is 7.27. The summed E-state index contributed by atoms with van der Waals surface area (Å²) < 4.78 is 6.49. The Balaban J connectivity index is 1.69. The highest BCUT2D eigenvalue weighted by atomic mass is 16.5. The molecule has 2 spiro atoms. The molecule has 6 nitrogen and oxygen atoms in total. The van der Waals surface area contributed by atoms with Crippen molar-refractivity contribution in [3.8, 4) is 16.9 Å². The van der Waals surface area contributed by atoms with E-state index >= 15 is 0 Å². The van der Waals surface area contributed by atoms with Crippen LogP contribution in [0.5, 0.6) is 5.75 Å². The summed E-state index contributed by atoms with van der Waals surface area (Å²) in [5.41, 5.74) is 7.88. The van der Waals surface area contributed by atoms with E-state index in [1.54, 1.807) is 13.1 Å². The molecule has 1 atom stereocenters. The number of rotatable bonds is 1. The summed E-state index contributed by atoms with van der Waals surface area (Å²) in [6, 6.07) is 13.4. The second-order valence-corrected chi connectivity index (χ2v) is 8.24. The Morgan fingerprint density at radius 2 is 1.93 bits per heavy atom. The van der Waals surface area contributed by atoms with Crippen LogP contribution in [0.15, 0.2) is 47.5 Å². The number of hydrogen-bond donors (Lipinski definition) is 1. The number of carbonyl (C=O) groups is 1. The smallest absolute Gasteiger partial charge is 0.261 e. The lowest BCUT2D eigenvalue weighted by Gasteiger charge is -2.43. The van der Waals surface area contributed by atoms with Crippen molar-refractivity contribution in [3.05, 3.63) is 59.4 Å². The molecular formula is C23H22N4O2. The molecule has 2 N–H and O–H groups in total. The molecule has 2 aliphatic heterocycles. The standard InChI is InChI=1S/C23H22N4O2/c1-25-17-7-5-6-15(12-17)16-8-9-19-18(13-16)23(20(28)27(2)21(24)26-23)14-22(29-19)10-3-4-11-22/h5-9,12-13H,3-4,10-11,14H2,2H3,(H2,24,26). The molecule has 1 saturated carbocycles. The van der Waals surface area contributed by atoms with Gasteiger partial charge in [-0.1, -0.05) is 24.3 Å². The molecule has 6 heteroatoms. The van der Waals surface area contributed by atoms with E-state index in [9.17, 15) is 4.79 Å². The van der Waals surface area contributed by atoms with E-state index < -0.39 is 5.54 Å². The van der Waals surface area contributed by atoms with E-state index in [-0.39, 0.29) is 17.5 Å². The molecule has 1 fully saturated rings. The van der Waals surface area contributed by atoms with Crippen molar-refractivity contribution in [3.63, 3.8) is 0 Å². The lowest BCUT2D eigenvalue weighted by molar-refractivity contribution is -0.134. The predicted octanol–water partition coefficient (Wildman–Crippen LogP) is 3.98. The zero-order valence-electron chi connectivity index (χ0n) is 16.3. The highest BCUT2D eigenvalue weighted by molar-refractivity contribution is 6.07. The van der Waals surface area contributed by atoms with E-state index in [1.165, 1.54) is 4.90 Å². The largest absolute Gasteiger partial charge is 0.487 e. The minimum absolute atomic E-state index is 0.0992. The molecule has 0 aromatic heterocycles. The summed E-state index contributed by atoms with van der Waals surface area (Å²) in [6.07, 6.45) is 4.56. The molecule has 0 bridgehead atoms. The van der Waals surface area contributed by atoms with Crippen molar-refractivity contribution >= 4 is 17.6 Å². The number of likely N-dealkylation sites (N-methyl/N-ethyl adjacent to an activating group) is 1. The highest BCUT2D eigenvalue weighted by Gasteiger charge is 2.58. The number of fused-ring (bicyclic) bond motifs is 2. The monoisotopic (exact) mass is 386 g/mol. The number of nitrogens with two attached hydrogens (primary N) is 1. The Labute approximate surface area is 169 Å². The minimum Gasteiger partial charge on any atom is -0.487 e. The first-order chi connectivity index (χ1) is 14.0. The molecule has 1 unspecified atom stereocenters. The van der Waals surface area contributed by atoms with Crippen molar-refractivity contribution in [2.75, 3.05) is 7.05 Å². The van der Waals surface area contributed by atoms with Gasteiger partial charge >= 0.3 is 0 Å². The molecule has 1 amide bonds. The first-order valence-corrected chi connectivity index (χ1v) is 9.91. The van der Waals surface area contributed by atoms with Crippen molar-refractivity contribution < 1.29 is 9.53 Å². The molecule has 2 aromatic rings. The van der Waals surface area contributed by atoms with Gasteiger partial charge in [0.1, 0.15) is 11.4 Å². The van der Waals surface area contributed by atoms with Gasteiger partial charge in [0.25, 0.3) is 5.91 Å². The zero-order chi connectivity index (χ0) is 20.2. The number of hydrogen-bond acceptors (Lipinski definition) is 4. The summed E-state index contributed by atoms with van der Waals surface area (Å²) in [5, 5.41) is 0. The van der Waals surface area contributed by atoms with Crippen LogP contribution in [0.4, 0.5) is 5.69 Å². The SMILES string of the molecule is [C-]#[N+]c1cccc(-c2ccc3c(c2)C2(CC4(CCCC4)O3)N=C(N)N(C)C2=O)c1. The van der Waals surface area contributed by atoms with Crippen molar-refractivity contribution in [2.45, 2.75) is 43.2 Å². The topological polar surface area (TPSA) is 72.3 Å². The van der Waals surface area contributed by atoms with E-state index in [4.69, 9.17) is 22.0 Å². The third-order valence-corrected chi connectivity index (χ3v) is 6.46. The van der Waals surface area contributed by atoms with Crippen LogP contribution >= 0.6 is 0 Å². The Kier molecular flexibility index (Phi) is 3.72. The summed E-state index contributed by atoms with van der Waals surface area (Å²) in [4.78, 5) is 23.1. The van der Waals surface area contributed by atoms with Crippen LogP contribution in [-0.4, -0.2) is 29.4 Å². The fraction of sp³-hybridized carbons (Fsp3) is 0.348. The number of nitrogens with zero attached hydrogens (tertiary/aromatic N) is 3. The van der Waals surface area contributed by atoms with E-state index in [1.807, 2.05) is 36.4 Å². The van der Waals surface area contributed by atoms with E-state index in [0.29, 0.717) is 17.9 Å². The first kappa shape index (κ1) is 17.7. The number of amides is 1. The number of guanidine groups is 1. The van der Waals surface area contributed by atoms with Gasteiger partial charge in [-0.2, -0.15) is 0 Å². The van der Waals surface area contributed by atoms with Gasteiger partial charge in [0, 0.05) is 19.0 Å². The van der Waals surface area contributed by atoms with Crippen molar-refractivity contribution in [1.82, 2.24) is 4.90 Å². The maximum absolute atomic E-state index is 13.4. The molecule has 0 saturated heterocycles. The van der Waals surface area contributed by atoms with Crippen LogP contribution in [0.25, 0.3) is 16.0 Å². The summed E-state index contributed by atoms with van der Waals surface area (Å²) in [7, 11) is 1.68. The van der Waals surface area contributed by atoms with Crippen LogP contribution in [-0.2, 0) is 10.3 Å². The van der Waals surface area contributed by atoms with Crippen LogP contribution in [0.2, 0.25) is 0 Å². The minimum atomic E-state index is -1.04. The third-order valence-electron chi connectivity index (χ3n) is 6.46. The van der Waals surface area contributed by atoms with Crippen molar-refractivity contribution in [1.29, 1.82) is 0 Å². The Hall–Kier alpha value is -3.33. The number of aliphatic imine (C=N–C) groups is 1. The first-order valence-electron chi connectivity index (χ1n) is 9.91. The van der Waals surface area contributed by atoms with Crippen molar-refractivity contribution in [2.24, 2.45) is 10.7 Å². The quantitative estimate of drug-likeness (QED) is 0.754. The second-order valence-electron chi connectivity index (χ2n) is 8.24. The number of benzene rings is 2. The van der Waals surface area contributed by atoms with Gasteiger partial charge in [0.05, 0.1) is 6.57 Å². The maximum atomic E-state index is 13.4. The molecule has 146 valence electrons. The van der Waals surface area contributed by atoms with Gasteiger partial charge in [0.2, 0.25) is 0 Å². The lowest BCUT2D eigenvalue weighted by atomic mass is 9.75. The Morgan fingerprint density at radius 3 is 2.62 bits per heavy atom. The zero-order valence-corrected chi connectivity index (χ0v) is 16.3. The molecule has 29 heavy (non-hydrogen) atoms. The predicted molar refractivity (Wildman–Crippen MR) is 111 cm³/mol. The lowest BCUT2D eigenvalue weighted by Crippen LogP contribution is -2.50. The summed E-state index contributed by atoms with van der Waals surface area (Å²) in [5.74, 6) is 0.859. The normalized spacial score (nSPS) is 24.3. The van der Waals surface area contributed by atoms with Gasteiger partial charge in [-0.15, -0.1) is 0 Å². The average Bonchev–Trinajstić information content (AvgIpc) is 3.26. The van der Waals surface area contributed by atoms with Crippen LogP contribution in [0.1, 0.15) is 37.7 Å². The maximum Gasteiger partial charge on any atom is 0.261 e. The number of carbonyl (C=O) groups excluding carboxylic acids is 1. The van der Waals surface area contributed by atoms with Crippen LogP contribution < -0.4 is 10.5 Å². The third kappa shape index (κ3) is 2.54. The number of ether oxygens (including phenoxy) is 1. The van der Waals surface area contributed by atoms with Gasteiger partial charge in [-0.05, 0) is 55.0 Å². The van der Waals surface area contributed by atoms with Gasteiger partial charge in [-0.3, -0.25) is 9.69 Å². The van der Waals surface area contributed by atoms with Gasteiger partial charge < -0.3 is 10.5 Å². The highest BCUT2D eigenvalue weighted by Crippen LogP contribution is 2.54. The molecule has 1 aliphatic carbocycles. The molecular weight excluding hydrogens is 364 g/mol. The molecule has 0 radical (unpaired) electrons. The Bertz CT molecular complexity index is 1090. The van der Waals surface area contributed by atoms with E-state index in [2.05, 4.69) is 4.85 Å². The molecule has 2 heterocycles. The van der Waals surface area contributed by atoms with Gasteiger partial charge in [-0.25, -0.2) is 9.84 Å². The molecule has 5 rings (SSSR count). The summed E-state index contributed by atoms with van der Waals surface area (Å²) >= 11 is 0. The Morgan fingerprint density at radius 1 is 1.17 bits per heavy atom.